The molecule has 2 N–H and O–H groups in total. The smallest absolute Gasteiger partial charge is 0.237 e. The maximum Gasteiger partial charge on any atom is 0.237 e. The monoisotopic (exact) mass is 210 g/mol. The van der Waals surface area contributed by atoms with Crippen molar-refractivity contribution in [3.63, 3.8) is 0 Å². The highest BCUT2D eigenvalue weighted by Gasteiger charge is 2.31. The standard InChI is InChI=1S/C12H22N2O/c1-8-4-3-5-10(9(8)2)14-12(15)11-6-7-13-11/h8-11,13H,3-7H2,1-2H3,(H,14,15)/t8?,9?,10?,11-/m1/s1. The molecule has 2 fully saturated rings. The quantitative estimate of drug-likeness (QED) is 0.721. The Morgan fingerprint density at radius 2 is 2.00 bits per heavy atom. The maximum atomic E-state index is 11.8. The van der Waals surface area contributed by atoms with Gasteiger partial charge in [0.15, 0.2) is 0 Å². The van der Waals surface area contributed by atoms with Crippen molar-refractivity contribution in [1.82, 2.24) is 10.6 Å². The number of nitrogens with one attached hydrogen (secondary N) is 2. The summed E-state index contributed by atoms with van der Waals surface area (Å²) in [4.78, 5) is 11.8. The Bertz CT molecular complexity index is 238. The van der Waals surface area contributed by atoms with Gasteiger partial charge in [0.1, 0.15) is 0 Å². The second-order valence-corrected chi connectivity index (χ2v) is 5.18. The average molecular weight is 210 g/mol. The molecule has 15 heavy (non-hydrogen) atoms. The molecule has 0 aromatic rings. The molecule has 3 unspecified atom stereocenters. The zero-order valence-corrected chi connectivity index (χ0v) is 9.75. The summed E-state index contributed by atoms with van der Waals surface area (Å²) < 4.78 is 0. The first-order valence-electron chi connectivity index (χ1n) is 6.22. The molecule has 86 valence electrons. The summed E-state index contributed by atoms with van der Waals surface area (Å²) in [6.45, 7) is 5.56. The SMILES string of the molecule is CC1CCCC(NC(=O)[C@H]2CCN2)C1C. The first-order chi connectivity index (χ1) is 7.18. The van der Waals surface area contributed by atoms with Crippen LogP contribution in [0.2, 0.25) is 0 Å². The van der Waals surface area contributed by atoms with E-state index in [2.05, 4.69) is 24.5 Å². The topological polar surface area (TPSA) is 41.1 Å². The molecule has 2 rings (SSSR count). The lowest BCUT2D eigenvalue weighted by molar-refractivity contribution is -0.126. The minimum atomic E-state index is 0.0921. The largest absolute Gasteiger partial charge is 0.352 e. The predicted molar refractivity (Wildman–Crippen MR) is 60.5 cm³/mol. The molecule has 1 heterocycles. The van der Waals surface area contributed by atoms with Crippen LogP contribution in [0.5, 0.6) is 0 Å². The molecule has 1 aliphatic carbocycles. The van der Waals surface area contributed by atoms with Gasteiger partial charge in [-0.2, -0.15) is 0 Å². The van der Waals surface area contributed by atoms with Crippen molar-refractivity contribution >= 4 is 5.91 Å². The van der Waals surface area contributed by atoms with Gasteiger partial charge in [-0.25, -0.2) is 0 Å². The van der Waals surface area contributed by atoms with Crippen LogP contribution < -0.4 is 10.6 Å². The molecular weight excluding hydrogens is 188 g/mol. The van der Waals surface area contributed by atoms with Gasteiger partial charge in [-0.1, -0.05) is 26.7 Å². The summed E-state index contributed by atoms with van der Waals surface area (Å²) in [6.07, 6.45) is 4.73. The van der Waals surface area contributed by atoms with Crippen LogP contribution in [0, 0.1) is 11.8 Å². The molecule has 1 aliphatic heterocycles. The zero-order valence-electron chi connectivity index (χ0n) is 9.75. The summed E-state index contributed by atoms with van der Waals surface area (Å²) in [6, 6.07) is 0.498. The first-order valence-corrected chi connectivity index (χ1v) is 6.22. The Morgan fingerprint density at radius 1 is 1.27 bits per heavy atom. The van der Waals surface area contributed by atoms with Crippen LogP contribution in [0.1, 0.15) is 39.5 Å². The fourth-order valence-corrected chi connectivity index (χ4v) is 2.58. The van der Waals surface area contributed by atoms with Crippen LogP contribution in [0.3, 0.4) is 0 Å². The molecule has 1 saturated heterocycles. The molecule has 3 heteroatoms. The van der Waals surface area contributed by atoms with E-state index in [4.69, 9.17) is 0 Å². The van der Waals surface area contributed by atoms with Gasteiger partial charge in [-0.15, -0.1) is 0 Å². The molecule has 0 spiro atoms. The molecule has 0 aromatic carbocycles. The summed E-state index contributed by atoms with van der Waals surface area (Å²) in [5, 5.41) is 6.35. The second-order valence-electron chi connectivity index (χ2n) is 5.18. The predicted octanol–water partition coefficient (Wildman–Crippen LogP) is 1.29. The van der Waals surface area contributed by atoms with Crippen LogP contribution in [-0.4, -0.2) is 24.5 Å². The molecule has 2 aliphatic rings. The van der Waals surface area contributed by atoms with Crippen LogP contribution in [0.25, 0.3) is 0 Å². The normalized spacial score (nSPS) is 40.7. The minimum Gasteiger partial charge on any atom is -0.352 e. The second kappa shape index (κ2) is 4.52. The van der Waals surface area contributed by atoms with E-state index in [9.17, 15) is 4.79 Å². The van der Waals surface area contributed by atoms with Crippen molar-refractivity contribution < 1.29 is 4.79 Å². The van der Waals surface area contributed by atoms with E-state index < -0.39 is 0 Å². The molecule has 0 aromatic heterocycles. The number of hydrogen-bond acceptors (Lipinski definition) is 2. The Morgan fingerprint density at radius 3 is 2.60 bits per heavy atom. The molecule has 1 amide bonds. The van der Waals surface area contributed by atoms with E-state index >= 15 is 0 Å². The fraction of sp³-hybridized carbons (Fsp3) is 0.917. The van der Waals surface area contributed by atoms with Gasteiger partial charge in [0.2, 0.25) is 5.91 Å². The summed E-state index contributed by atoms with van der Waals surface area (Å²) in [7, 11) is 0. The lowest BCUT2D eigenvalue weighted by Gasteiger charge is -2.36. The van der Waals surface area contributed by atoms with Crippen molar-refractivity contribution in [2.45, 2.75) is 51.6 Å². The number of hydrogen-bond donors (Lipinski definition) is 2. The molecule has 0 radical (unpaired) electrons. The third-order valence-corrected chi connectivity index (χ3v) is 4.17. The van der Waals surface area contributed by atoms with Crippen molar-refractivity contribution in [3.05, 3.63) is 0 Å². The van der Waals surface area contributed by atoms with Crippen molar-refractivity contribution in [2.24, 2.45) is 11.8 Å². The van der Waals surface area contributed by atoms with Gasteiger partial charge >= 0.3 is 0 Å². The van der Waals surface area contributed by atoms with E-state index in [1.165, 1.54) is 12.8 Å². The molecule has 3 nitrogen and oxygen atoms in total. The van der Waals surface area contributed by atoms with Crippen molar-refractivity contribution in [1.29, 1.82) is 0 Å². The molecule has 1 saturated carbocycles. The summed E-state index contributed by atoms with van der Waals surface area (Å²) in [5.74, 6) is 1.59. The summed E-state index contributed by atoms with van der Waals surface area (Å²) in [5.41, 5.74) is 0. The van der Waals surface area contributed by atoms with E-state index in [0.717, 1.165) is 25.3 Å². The zero-order chi connectivity index (χ0) is 10.8. The third-order valence-electron chi connectivity index (χ3n) is 4.17. The van der Waals surface area contributed by atoms with Crippen LogP contribution in [0.15, 0.2) is 0 Å². The summed E-state index contributed by atoms with van der Waals surface area (Å²) >= 11 is 0. The number of carbonyl (C=O) groups is 1. The molecular formula is C12H22N2O. The van der Waals surface area contributed by atoms with Crippen molar-refractivity contribution in [2.75, 3.05) is 6.54 Å². The van der Waals surface area contributed by atoms with Crippen LogP contribution >= 0.6 is 0 Å². The third kappa shape index (κ3) is 2.33. The van der Waals surface area contributed by atoms with Gasteiger partial charge in [0.05, 0.1) is 6.04 Å². The van der Waals surface area contributed by atoms with Crippen LogP contribution in [0.4, 0.5) is 0 Å². The van der Waals surface area contributed by atoms with Gasteiger partial charge in [0, 0.05) is 6.04 Å². The highest BCUT2D eigenvalue weighted by molar-refractivity contribution is 5.82. The van der Waals surface area contributed by atoms with E-state index in [0.29, 0.717) is 12.0 Å². The van der Waals surface area contributed by atoms with Crippen LogP contribution in [-0.2, 0) is 4.79 Å². The Labute approximate surface area is 92.0 Å². The fourth-order valence-electron chi connectivity index (χ4n) is 2.58. The molecule has 0 bridgehead atoms. The maximum absolute atomic E-state index is 11.8. The van der Waals surface area contributed by atoms with E-state index in [-0.39, 0.29) is 11.9 Å². The van der Waals surface area contributed by atoms with Gasteiger partial charge in [-0.3, -0.25) is 4.79 Å². The minimum absolute atomic E-state index is 0.0921. The number of carbonyl (C=O) groups excluding carboxylic acids is 1. The Kier molecular flexibility index (Phi) is 3.29. The van der Waals surface area contributed by atoms with Crippen molar-refractivity contribution in [3.8, 4) is 0 Å². The first kappa shape index (κ1) is 10.9. The number of amides is 1. The van der Waals surface area contributed by atoms with Gasteiger partial charge < -0.3 is 10.6 Å². The number of rotatable bonds is 2. The van der Waals surface area contributed by atoms with E-state index in [1.54, 1.807) is 0 Å². The highest BCUT2D eigenvalue weighted by atomic mass is 16.2. The average Bonchev–Trinajstić information content (AvgIpc) is 2.10. The van der Waals surface area contributed by atoms with Gasteiger partial charge in [-0.05, 0) is 31.2 Å². The Balaban J connectivity index is 1.84. The highest BCUT2D eigenvalue weighted by Crippen LogP contribution is 2.29. The van der Waals surface area contributed by atoms with E-state index in [1.807, 2.05) is 0 Å². The lowest BCUT2D eigenvalue weighted by Crippen LogP contribution is -2.56. The Hall–Kier alpha value is -0.570. The molecule has 4 atom stereocenters. The van der Waals surface area contributed by atoms with Gasteiger partial charge in [0.25, 0.3) is 0 Å². The lowest BCUT2D eigenvalue weighted by atomic mass is 9.78.